The highest BCUT2D eigenvalue weighted by atomic mass is 16.5. The van der Waals surface area contributed by atoms with E-state index in [0.29, 0.717) is 25.9 Å². The van der Waals surface area contributed by atoms with E-state index in [1.54, 1.807) is 4.90 Å². The third-order valence-corrected chi connectivity index (χ3v) is 6.45. The third-order valence-electron chi connectivity index (χ3n) is 6.45. The largest absolute Gasteiger partial charge is 0.365 e. The van der Waals surface area contributed by atoms with Crippen molar-refractivity contribution in [3.05, 3.63) is 0 Å². The molecular weight excluding hydrogens is 320 g/mol. The van der Waals surface area contributed by atoms with E-state index in [2.05, 4.69) is 10.6 Å². The van der Waals surface area contributed by atoms with Gasteiger partial charge in [0.1, 0.15) is 0 Å². The number of amides is 2. The number of carbonyl (C=O) groups excluding carboxylic acids is 2. The number of hydrogen-bond donors (Lipinski definition) is 3. The maximum absolute atomic E-state index is 13.0. The van der Waals surface area contributed by atoms with Gasteiger partial charge in [-0.3, -0.25) is 9.59 Å². The molecule has 142 valence electrons. The Labute approximate surface area is 150 Å². The summed E-state index contributed by atoms with van der Waals surface area (Å²) in [6, 6.07) is 0. The summed E-state index contributed by atoms with van der Waals surface area (Å²) in [5.74, 6) is 0.104. The highest BCUT2D eigenvalue weighted by Gasteiger charge is 2.77. The summed E-state index contributed by atoms with van der Waals surface area (Å²) in [5.41, 5.74) is 3.85. The van der Waals surface area contributed by atoms with Gasteiger partial charge in [-0.1, -0.05) is 0 Å². The highest BCUT2D eigenvalue weighted by Crippen LogP contribution is 2.69. The van der Waals surface area contributed by atoms with Crippen LogP contribution in [0.1, 0.15) is 39.5 Å². The molecular formula is C18H32N4O3. The van der Waals surface area contributed by atoms with Crippen molar-refractivity contribution >= 4 is 11.8 Å². The molecule has 3 aliphatic heterocycles. The van der Waals surface area contributed by atoms with Crippen LogP contribution in [0.2, 0.25) is 0 Å². The van der Waals surface area contributed by atoms with Gasteiger partial charge in [0, 0.05) is 27.2 Å². The van der Waals surface area contributed by atoms with Gasteiger partial charge in [0.2, 0.25) is 11.8 Å². The minimum atomic E-state index is -0.595. The fourth-order valence-electron chi connectivity index (χ4n) is 4.87. The summed E-state index contributed by atoms with van der Waals surface area (Å²) in [5, 5.41) is 6.38. The minimum Gasteiger partial charge on any atom is -0.365 e. The molecule has 0 radical (unpaired) electrons. The van der Waals surface area contributed by atoms with Crippen LogP contribution in [0, 0.1) is 10.8 Å². The maximum Gasteiger partial charge on any atom is 0.231 e. The molecule has 1 aliphatic carbocycles. The molecule has 0 atom stereocenters. The van der Waals surface area contributed by atoms with Crippen molar-refractivity contribution < 1.29 is 14.3 Å². The Hall–Kier alpha value is -1.18. The zero-order valence-corrected chi connectivity index (χ0v) is 15.9. The van der Waals surface area contributed by atoms with E-state index in [-0.39, 0.29) is 11.8 Å². The first kappa shape index (κ1) is 18.6. The molecule has 7 nitrogen and oxygen atoms in total. The van der Waals surface area contributed by atoms with E-state index in [4.69, 9.17) is 10.5 Å². The molecule has 4 rings (SSSR count). The average molecular weight is 352 g/mol. The van der Waals surface area contributed by atoms with Crippen LogP contribution in [0.15, 0.2) is 0 Å². The lowest BCUT2D eigenvalue weighted by Crippen LogP contribution is -2.61. The first-order chi connectivity index (χ1) is 11.6. The van der Waals surface area contributed by atoms with Crippen molar-refractivity contribution in [1.29, 1.82) is 0 Å². The molecule has 3 saturated heterocycles. The SMILES string of the molecule is CN(C)C(=O)C12CC(CNC(=O)C(C)(C)CN)(C1)OC21CCNCC1. The Morgan fingerprint density at radius 3 is 2.36 bits per heavy atom. The lowest BCUT2D eigenvalue weighted by atomic mass is 9.53. The van der Waals surface area contributed by atoms with Gasteiger partial charge in [0.15, 0.2) is 0 Å². The normalized spacial score (nSPS) is 33.0. The number of rotatable bonds is 5. The summed E-state index contributed by atoms with van der Waals surface area (Å²) < 4.78 is 6.59. The van der Waals surface area contributed by atoms with E-state index in [0.717, 1.165) is 25.9 Å². The first-order valence-corrected chi connectivity index (χ1v) is 9.23. The summed E-state index contributed by atoms with van der Waals surface area (Å²) in [6.07, 6.45) is 3.08. The third kappa shape index (κ3) is 2.67. The van der Waals surface area contributed by atoms with Crippen molar-refractivity contribution in [3.63, 3.8) is 0 Å². The highest BCUT2D eigenvalue weighted by molar-refractivity contribution is 5.87. The number of nitrogens with zero attached hydrogens (tertiary/aromatic N) is 1. The van der Waals surface area contributed by atoms with Gasteiger partial charge in [-0.25, -0.2) is 0 Å². The molecule has 2 amide bonds. The Morgan fingerprint density at radius 1 is 1.24 bits per heavy atom. The van der Waals surface area contributed by atoms with Crippen molar-refractivity contribution in [2.24, 2.45) is 16.6 Å². The molecule has 0 unspecified atom stereocenters. The van der Waals surface area contributed by atoms with Gasteiger partial charge in [-0.15, -0.1) is 0 Å². The van der Waals surface area contributed by atoms with Crippen LogP contribution in [0.25, 0.3) is 0 Å². The van der Waals surface area contributed by atoms with E-state index < -0.39 is 22.0 Å². The quantitative estimate of drug-likeness (QED) is 0.639. The van der Waals surface area contributed by atoms with Gasteiger partial charge in [-0.05, 0) is 52.6 Å². The number of carbonyl (C=O) groups is 2. The van der Waals surface area contributed by atoms with Gasteiger partial charge in [0.05, 0.1) is 22.0 Å². The summed E-state index contributed by atoms with van der Waals surface area (Å²) >= 11 is 0. The smallest absolute Gasteiger partial charge is 0.231 e. The van der Waals surface area contributed by atoms with E-state index in [9.17, 15) is 9.59 Å². The second-order valence-electron chi connectivity index (χ2n) is 8.94. The lowest BCUT2D eigenvalue weighted by Gasteiger charge is -2.49. The molecule has 25 heavy (non-hydrogen) atoms. The topological polar surface area (TPSA) is 96.7 Å². The average Bonchev–Trinajstić information content (AvgIpc) is 2.96. The molecule has 0 aromatic heterocycles. The lowest BCUT2D eigenvalue weighted by molar-refractivity contribution is -0.149. The van der Waals surface area contributed by atoms with Gasteiger partial charge in [0.25, 0.3) is 0 Å². The Kier molecular flexibility index (Phi) is 4.41. The molecule has 2 bridgehead atoms. The van der Waals surface area contributed by atoms with Crippen molar-refractivity contribution in [1.82, 2.24) is 15.5 Å². The minimum absolute atomic E-state index is 0.0596. The molecule has 7 heteroatoms. The van der Waals surface area contributed by atoms with Crippen LogP contribution >= 0.6 is 0 Å². The fraction of sp³-hybridized carbons (Fsp3) is 0.889. The Morgan fingerprint density at radius 2 is 1.84 bits per heavy atom. The summed E-state index contributed by atoms with van der Waals surface area (Å²) in [7, 11) is 3.63. The van der Waals surface area contributed by atoms with E-state index >= 15 is 0 Å². The van der Waals surface area contributed by atoms with E-state index in [1.807, 2.05) is 27.9 Å². The predicted octanol–water partition coefficient (Wildman–Crippen LogP) is -0.153. The zero-order chi connectivity index (χ0) is 18.5. The number of ether oxygens (including phenoxy) is 1. The standard InChI is InChI=1S/C18H32N4O3/c1-15(2,11-19)13(23)21-12-16-9-17(10-16,14(24)22(3)4)18(25-16)5-7-20-8-6-18/h20H,5-12,19H2,1-4H3,(H,21,23). The maximum atomic E-state index is 13.0. The number of nitrogens with two attached hydrogens (primary N) is 1. The van der Waals surface area contributed by atoms with Crippen LogP contribution in [-0.2, 0) is 14.3 Å². The summed E-state index contributed by atoms with van der Waals surface area (Å²) in [6.45, 7) is 6.16. The second kappa shape index (κ2) is 5.93. The Bertz CT molecular complexity index is 561. The number of nitrogens with one attached hydrogen (secondary N) is 2. The number of hydrogen-bond acceptors (Lipinski definition) is 5. The molecule has 4 fully saturated rings. The van der Waals surface area contributed by atoms with Crippen LogP contribution < -0.4 is 16.4 Å². The number of piperidine rings is 1. The fourth-order valence-corrected chi connectivity index (χ4v) is 4.87. The molecule has 1 spiro atoms. The van der Waals surface area contributed by atoms with Crippen molar-refractivity contribution in [2.45, 2.75) is 50.7 Å². The first-order valence-electron chi connectivity index (χ1n) is 9.23. The monoisotopic (exact) mass is 352 g/mol. The van der Waals surface area contributed by atoms with Crippen LogP contribution in [0.3, 0.4) is 0 Å². The van der Waals surface area contributed by atoms with Crippen molar-refractivity contribution in [3.8, 4) is 0 Å². The zero-order valence-electron chi connectivity index (χ0n) is 15.9. The molecule has 1 saturated carbocycles. The van der Waals surface area contributed by atoms with Gasteiger partial charge >= 0.3 is 0 Å². The van der Waals surface area contributed by atoms with Crippen LogP contribution in [-0.4, -0.2) is 68.2 Å². The second-order valence-corrected chi connectivity index (χ2v) is 8.94. The van der Waals surface area contributed by atoms with Crippen LogP contribution in [0.5, 0.6) is 0 Å². The molecule has 4 aliphatic rings. The van der Waals surface area contributed by atoms with Crippen LogP contribution in [0.4, 0.5) is 0 Å². The molecule has 0 aromatic carbocycles. The molecule has 4 N–H and O–H groups in total. The van der Waals surface area contributed by atoms with E-state index in [1.165, 1.54) is 0 Å². The van der Waals surface area contributed by atoms with Gasteiger partial charge in [-0.2, -0.15) is 0 Å². The molecule has 3 heterocycles. The van der Waals surface area contributed by atoms with Gasteiger partial charge < -0.3 is 26.0 Å². The summed E-state index contributed by atoms with van der Waals surface area (Å²) in [4.78, 5) is 27.0. The predicted molar refractivity (Wildman–Crippen MR) is 94.9 cm³/mol. The van der Waals surface area contributed by atoms with Crippen molar-refractivity contribution in [2.75, 3.05) is 40.3 Å². The Balaban J connectivity index is 1.76. The molecule has 0 aromatic rings.